The predicted octanol–water partition coefficient (Wildman–Crippen LogP) is 5.14. The lowest BCUT2D eigenvalue weighted by Crippen LogP contribution is -2.47. The third-order valence-electron chi connectivity index (χ3n) is 4.99. The lowest BCUT2D eigenvalue weighted by molar-refractivity contribution is -0.245. The Balaban J connectivity index is 2.66. The monoisotopic (exact) mass is 420 g/mol. The molecular weight excluding hydrogens is 394 g/mol. The molecule has 28 heavy (non-hydrogen) atoms. The molecule has 0 aromatic rings. The molecule has 0 bridgehead atoms. The van der Waals surface area contributed by atoms with Crippen LogP contribution in [0.2, 0.25) is 0 Å². The van der Waals surface area contributed by atoms with E-state index in [0.717, 1.165) is 19.3 Å². The van der Waals surface area contributed by atoms with Gasteiger partial charge in [-0.05, 0) is 39.0 Å². The van der Waals surface area contributed by atoms with Gasteiger partial charge in [0.1, 0.15) is 6.10 Å². The Hall–Kier alpha value is -1.48. The summed E-state index contributed by atoms with van der Waals surface area (Å²) in [7, 11) is 0. The van der Waals surface area contributed by atoms with E-state index in [1.807, 2.05) is 0 Å². The van der Waals surface area contributed by atoms with Gasteiger partial charge >= 0.3 is 23.8 Å². The minimum atomic E-state index is -5.04. The maximum absolute atomic E-state index is 13.5. The molecule has 1 unspecified atom stereocenters. The van der Waals surface area contributed by atoms with Gasteiger partial charge in [0.05, 0.1) is 18.3 Å². The highest BCUT2D eigenvalue weighted by atomic mass is 19.3. The molecule has 0 N–H and O–H groups in total. The van der Waals surface area contributed by atoms with E-state index in [0.29, 0.717) is 12.8 Å². The Bertz CT molecular complexity index is 534. The standard InChI is InChI=1S/C18H26F6O4/c1-3-16(2,10-14(25)28-12-7-5-4-6-8-12)15(26)27-11-18(23,24)17(21,22)9-13(19)20/h12-13H,3-11H2,1-2H3. The summed E-state index contributed by atoms with van der Waals surface area (Å²) in [6.07, 6.45) is -2.46. The van der Waals surface area contributed by atoms with Crippen molar-refractivity contribution >= 4 is 11.9 Å². The summed E-state index contributed by atoms with van der Waals surface area (Å²) in [5, 5.41) is 0. The number of halogens is 6. The minimum Gasteiger partial charge on any atom is -0.462 e. The van der Waals surface area contributed by atoms with Crippen LogP contribution < -0.4 is 0 Å². The van der Waals surface area contributed by atoms with Crippen molar-refractivity contribution in [2.75, 3.05) is 6.61 Å². The van der Waals surface area contributed by atoms with Crippen LogP contribution in [-0.4, -0.2) is 42.9 Å². The van der Waals surface area contributed by atoms with Crippen molar-refractivity contribution in [3.63, 3.8) is 0 Å². The SMILES string of the molecule is CCC(C)(CC(=O)OC1CCCCC1)C(=O)OCC(F)(F)C(F)(F)CC(F)F. The highest BCUT2D eigenvalue weighted by Gasteiger charge is 2.58. The van der Waals surface area contributed by atoms with E-state index in [1.165, 1.54) is 13.8 Å². The van der Waals surface area contributed by atoms with Crippen molar-refractivity contribution < 1.29 is 45.4 Å². The zero-order valence-electron chi connectivity index (χ0n) is 15.9. The van der Waals surface area contributed by atoms with E-state index in [-0.39, 0.29) is 12.5 Å². The van der Waals surface area contributed by atoms with Crippen LogP contribution in [0.3, 0.4) is 0 Å². The van der Waals surface area contributed by atoms with E-state index in [4.69, 9.17) is 4.74 Å². The topological polar surface area (TPSA) is 52.6 Å². The molecule has 4 nitrogen and oxygen atoms in total. The Morgan fingerprint density at radius 1 is 1.04 bits per heavy atom. The number of esters is 2. The highest BCUT2D eigenvalue weighted by Crippen LogP contribution is 2.39. The second-order valence-corrected chi connectivity index (χ2v) is 7.42. The van der Waals surface area contributed by atoms with Crippen LogP contribution in [-0.2, 0) is 19.1 Å². The van der Waals surface area contributed by atoms with Crippen molar-refractivity contribution in [1.82, 2.24) is 0 Å². The van der Waals surface area contributed by atoms with Crippen LogP contribution in [0, 0.1) is 5.41 Å². The van der Waals surface area contributed by atoms with Crippen molar-refractivity contribution in [2.45, 2.75) is 89.6 Å². The van der Waals surface area contributed by atoms with Gasteiger partial charge in [0, 0.05) is 0 Å². The maximum Gasteiger partial charge on any atom is 0.343 e. The van der Waals surface area contributed by atoms with Gasteiger partial charge in [-0.3, -0.25) is 9.59 Å². The summed E-state index contributed by atoms with van der Waals surface area (Å²) in [6, 6.07) is 0. The maximum atomic E-state index is 13.5. The van der Waals surface area contributed by atoms with Crippen molar-refractivity contribution in [3.8, 4) is 0 Å². The highest BCUT2D eigenvalue weighted by molar-refractivity contribution is 5.83. The second kappa shape index (κ2) is 9.82. The molecular formula is C18H26F6O4. The first-order valence-corrected chi connectivity index (χ1v) is 9.23. The molecule has 0 radical (unpaired) electrons. The minimum absolute atomic E-state index is 0.00456. The largest absolute Gasteiger partial charge is 0.462 e. The first-order chi connectivity index (χ1) is 12.8. The number of carbonyl (C=O) groups excluding carboxylic acids is 2. The van der Waals surface area contributed by atoms with Gasteiger partial charge in [-0.15, -0.1) is 0 Å². The van der Waals surface area contributed by atoms with Gasteiger partial charge in [0.15, 0.2) is 6.61 Å². The molecule has 0 heterocycles. The van der Waals surface area contributed by atoms with E-state index in [9.17, 15) is 35.9 Å². The molecule has 0 aromatic heterocycles. The van der Waals surface area contributed by atoms with Gasteiger partial charge < -0.3 is 9.47 Å². The molecule has 1 saturated carbocycles. The van der Waals surface area contributed by atoms with Gasteiger partial charge in [-0.2, -0.15) is 17.6 Å². The zero-order valence-corrected chi connectivity index (χ0v) is 15.9. The molecule has 1 aliphatic carbocycles. The Morgan fingerprint density at radius 2 is 1.61 bits per heavy atom. The van der Waals surface area contributed by atoms with Crippen molar-refractivity contribution in [3.05, 3.63) is 0 Å². The molecule has 0 saturated heterocycles. The average molecular weight is 420 g/mol. The summed E-state index contributed by atoms with van der Waals surface area (Å²) >= 11 is 0. The third kappa shape index (κ3) is 6.84. The fourth-order valence-electron chi connectivity index (χ4n) is 2.85. The molecule has 0 spiro atoms. The quantitative estimate of drug-likeness (QED) is 0.363. The van der Waals surface area contributed by atoms with E-state index < -0.39 is 55.1 Å². The van der Waals surface area contributed by atoms with Crippen LogP contribution in [0.4, 0.5) is 26.3 Å². The molecule has 1 aliphatic rings. The number of hydrogen-bond donors (Lipinski definition) is 0. The van der Waals surface area contributed by atoms with Crippen LogP contribution in [0.25, 0.3) is 0 Å². The van der Waals surface area contributed by atoms with Gasteiger partial charge in [0.25, 0.3) is 0 Å². The van der Waals surface area contributed by atoms with E-state index in [2.05, 4.69) is 4.74 Å². The van der Waals surface area contributed by atoms with Crippen LogP contribution in [0.5, 0.6) is 0 Å². The van der Waals surface area contributed by atoms with Crippen LogP contribution in [0.1, 0.15) is 65.2 Å². The molecule has 1 atom stereocenters. The summed E-state index contributed by atoms with van der Waals surface area (Å²) in [5.74, 6) is -12.0. The van der Waals surface area contributed by atoms with Crippen molar-refractivity contribution in [1.29, 1.82) is 0 Å². The number of hydrogen-bond acceptors (Lipinski definition) is 4. The second-order valence-electron chi connectivity index (χ2n) is 7.42. The first-order valence-electron chi connectivity index (χ1n) is 9.23. The molecule has 0 amide bonds. The fraction of sp³-hybridized carbons (Fsp3) is 0.889. The van der Waals surface area contributed by atoms with Crippen LogP contribution in [0.15, 0.2) is 0 Å². The molecule has 164 valence electrons. The van der Waals surface area contributed by atoms with Crippen LogP contribution >= 0.6 is 0 Å². The third-order valence-corrected chi connectivity index (χ3v) is 4.99. The summed E-state index contributed by atoms with van der Waals surface area (Å²) in [6.45, 7) is 0.713. The summed E-state index contributed by atoms with van der Waals surface area (Å²) in [4.78, 5) is 24.3. The summed E-state index contributed by atoms with van der Waals surface area (Å²) < 4.78 is 87.3. The van der Waals surface area contributed by atoms with Gasteiger partial charge in [0.2, 0.25) is 6.43 Å². The molecule has 0 aliphatic heterocycles. The average Bonchev–Trinajstić information content (AvgIpc) is 2.59. The molecule has 0 aromatic carbocycles. The predicted molar refractivity (Wildman–Crippen MR) is 87.5 cm³/mol. The molecule has 1 fully saturated rings. The lowest BCUT2D eigenvalue weighted by Gasteiger charge is -2.30. The zero-order chi connectivity index (χ0) is 21.6. The van der Waals surface area contributed by atoms with E-state index in [1.54, 1.807) is 0 Å². The smallest absolute Gasteiger partial charge is 0.343 e. The Morgan fingerprint density at radius 3 is 2.11 bits per heavy atom. The lowest BCUT2D eigenvalue weighted by atomic mass is 9.84. The number of alkyl halides is 6. The number of rotatable bonds is 10. The van der Waals surface area contributed by atoms with Gasteiger partial charge in [-0.25, -0.2) is 8.78 Å². The summed E-state index contributed by atoms with van der Waals surface area (Å²) in [5.41, 5.74) is -1.56. The normalized spacial score (nSPS) is 18.6. The Kier molecular flexibility index (Phi) is 8.62. The van der Waals surface area contributed by atoms with E-state index >= 15 is 0 Å². The number of carbonyl (C=O) groups is 2. The fourth-order valence-corrected chi connectivity index (χ4v) is 2.85. The van der Waals surface area contributed by atoms with Crippen molar-refractivity contribution in [2.24, 2.45) is 5.41 Å². The molecule has 1 rings (SSSR count). The first kappa shape index (κ1) is 24.6. The van der Waals surface area contributed by atoms with Gasteiger partial charge in [-0.1, -0.05) is 13.3 Å². The Labute approximate surface area is 159 Å². The number of ether oxygens (including phenoxy) is 2. The molecule has 10 heteroatoms.